The average molecular weight is 424 g/mol. The minimum Gasteiger partial charge on any atom is -0.490 e. The van der Waals surface area contributed by atoms with Gasteiger partial charge in [0.25, 0.3) is 5.91 Å². The molecule has 1 N–H and O–H groups in total. The molecule has 1 aromatic carbocycles. The molecule has 0 bridgehead atoms. The van der Waals surface area contributed by atoms with Gasteiger partial charge in [-0.2, -0.15) is 5.10 Å². The summed E-state index contributed by atoms with van der Waals surface area (Å²) in [6, 6.07) is 6.21. The maximum atomic E-state index is 12.5. The highest BCUT2D eigenvalue weighted by Gasteiger charge is 2.34. The number of carbonyl (C=O) groups excluding carboxylic acids is 1. The maximum Gasteiger partial charge on any atom is 0.263 e. The second-order valence-electron chi connectivity index (χ2n) is 8.46. The number of nitrogens with zero attached hydrogens (tertiary/aromatic N) is 4. The van der Waals surface area contributed by atoms with Crippen LogP contribution in [0.5, 0.6) is 5.75 Å². The van der Waals surface area contributed by atoms with E-state index in [-0.39, 0.29) is 11.4 Å². The molecule has 0 saturated heterocycles. The van der Waals surface area contributed by atoms with Crippen LogP contribution in [0.25, 0.3) is 11.1 Å². The Balaban J connectivity index is 1.52. The predicted molar refractivity (Wildman–Crippen MR) is 118 cm³/mol. The average Bonchev–Trinajstić information content (AvgIpc) is 3.34. The number of carbonyl (C=O) groups is 1. The maximum absolute atomic E-state index is 12.5. The van der Waals surface area contributed by atoms with Crippen LogP contribution in [0, 0.1) is 0 Å². The number of benzene rings is 1. The summed E-state index contributed by atoms with van der Waals surface area (Å²) in [6.45, 7) is 8.39. The number of thiazole rings is 1. The summed E-state index contributed by atoms with van der Waals surface area (Å²) in [6.07, 6.45) is 5.76. The Labute approximate surface area is 179 Å². The molecule has 0 saturated carbocycles. The van der Waals surface area contributed by atoms with Gasteiger partial charge in [-0.3, -0.25) is 9.48 Å². The quantitative estimate of drug-likeness (QED) is 0.686. The zero-order valence-corrected chi connectivity index (χ0v) is 18.3. The van der Waals surface area contributed by atoms with Gasteiger partial charge >= 0.3 is 0 Å². The van der Waals surface area contributed by atoms with Crippen LogP contribution in [0.4, 0.5) is 10.8 Å². The summed E-state index contributed by atoms with van der Waals surface area (Å²) in [4.78, 5) is 20.3. The smallest absolute Gasteiger partial charge is 0.263 e. The summed E-state index contributed by atoms with van der Waals surface area (Å²) in [5, 5.41) is 8.37. The molecule has 2 aromatic heterocycles. The first-order valence-corrected chi connectivity index (χ1v) is 11.1. The number of rotatable bonds is 4. The van der Waals surface area contributed by atoms with E-state index in [1.54, 1.807) is 0 Å². The van der Waals surface area contributed by atoms with E-state index in [0.29, 0.717) is 13.2 Å². The third kappa shape index (κ3) is 3.35. The van der Waals surface area contributed by atoms with E-state index >= 15 is 0 Å². The van der Waals surface area contributed by atoms with E-state index in [0.717, 1.165) is 57.7 Å². The fraction of sp³-hybridized carbons (Fsp3) is 0.409. The van der Waals surface area contributed by atoms with Crippen LogP contribution in [0.2, 0.25) is 0 Å². The van der Waals surface area contributed by atoms with Crippen molar-refractivity contribution in [1.82, 2.24) is 20.1 Å². The SMILES string of the molecule is CCCn1cc(-c2ccc3c(c2)N(c2nc4c(s2)C(=O)NC(C)(C)C4)CCO3)cn1. The van der Waals surface area contributed by atoms with Crippen LogP contribution in [0.3, 0.4) is 0 Å². The summed E-state index contributed by atoms with van der Waals surface area (Å²) < 4.78 is 7.87. The first kappa shape index (κ1) is 19.1. The van der Waals surface area contributed by atoms with E-state index < -0.39 is 0 Å². The molecular formula is C22H25N5O2S. The van der Waals surface area contributed by atoms with Crippen molar-refractivity contribution in [2.45, 2.75) is 45.7 Å². The van der Waals surface area contributed by atoms with Gasteiger partial charge in [0.1, 0.15) is 17.2 Å². The minimum atomic E-state index is -0.274. The minimum absolute atomic E-state index is 0.0319. The molecule has 4 heterocycles. The number of aromatic nitrogens is 3. The Morgan fingerprint density at radius 3 is 3.00 bits per heavy atom. The molecule has 1 amide bonds. The molecule has 156 valence electrons. The molecule has 2 aliphatic heterocycles. The highest BCUT2D eigenvalue weighted by molar-refractivity contribution is 7.17. The van der Waals surface area contributed by atoms with Crippen LogP contribution in [-0.2, 0) is 13.0 Å². The first-order chi connectivity index (χ1) is 14.4. The Morgan fingerprint density at radius 2 is 2.17 bits per heavy atom. The lowest BCUT2D eigenvalue weighted by Gasteiger charge is -2.29. The lowest BCUT2D eigenvalue weighted by Crippen LogP contribution is -2.48. The van der Waals surface area contributed by atoms with Gasteiger partial charge in [0, 0.05) is 30.3 Å². The molecule has 0 spiro atoms. The number of hydrogen-bond donors (Lipinski definition) is 1. The highest BCUT2D eigenvalue weighted by Crippen LogP contribution is 2.42. The van der Waals surface area contributed by atoms with Gasteiger partial charge in [-0.15, -0.1) is 0 Å². The van der Waals surface area contributed by atoms with E-state index in [1.807, 2.05) is 30.8 Å². The molecule has 0 atom stereocenters. The number of hydrogen-bond acceptors (Lipinski definition) is 6. The summed E-state index contributed by atoms with van der Waals surface area (Å²) in [5.41, 5.74) is 3.76. The Bertz CT molecular complexity index is 1120. The van der Waals surface area contributed by atoms with Crippen molar-refractivity contribution < 1.29 is 9.53 Å². The largest absolute Gasteiger partial charge is 0.490 e. The van der Waals surface area contributed by atoms with Crippen molar-refractivity contribution in [3.8, 4) is 16.9 Å². The van der Waals surface area contributed by atoms with E-state index in [2.05, 4.69) is 40.6 Å². The van der Waals surface area contributed by atoms with Crippen molar-refractivity contribution in [3.05, 3.63) is 41.2 Å². The Morgan fingerprint density at radius 1 is 1.30 bits per heavy atom. The molecule has 0 fully saturated rings. The topological polar surface area (TPSA) is 72.3 Å². The lowest BCUT2D eigenvalue weighted by molar-refractivity contribution is 0.0901. The third-order valence-electron chi connectivity index (χ3n) is 5.43. The third-order valence-corrected chi connectivity index (χ3v) is 6.55. The fourth-order valence-corrected chi connectivity index (χ4v) is 5.06. The summed E-state index contributed by atoms with van der Waals surface area (Å²) >= 11 is 1.46. The van der Waals surface area contributed by atoms with Crippen LogP contribution in [-0.4, -0.2) is 39.4 Å². The van der Waals surface area contributed by atoms with Crippen LogP contribution in [0.15, 0.2) is 30.6 Å². The van der Waals surface area contributed by atoms with Crippen LogP contribution in [0.1, 0.15) is 42.6 Å². The van der Waals surface area contributed by atoms with Crippen molar-refractivity contribution in [3.63, 3.8) is 0 Å². The number of anilines is 2. The van der Waals surface area contributed by atoms with E-state index in [1.165, 1.54) is 11.3 Å². The number of amides is 1. The van der Waals surface area contributed by atoms with E-state index in [9.17, 15) is 4.79 Å². The van der Waals surface area contributed by atoms with Gasteiger partial charge < -0.3 is 15.0 Å². The Hall–Kier alpha value is -2.87. The summed E-state index contributed by atoms with van der Waals surface area (Å²) in [7, 11) is 0. The molecule has 8 heteroatoms. The number of ether oxygens (including phenoxy) is 1. The molecule has 0 aliphatic carbocycles. The van der Waals surface area contributed by atoms with Gasteiger partial charge in [0.2, 0.25) is 0 Å². The zero-order chi connectivity index (χ0) is 20.9. The summed E-state index contributed by atoms with van der Waals surface area (Å²) in [5.74, 6) is 0.805. The molecule has 0 unspecified atom stereocenters. The number of aryl methyl sites for hydroxylation is 1. The molecule has 3 aromatic rings. The molecule has 30 heavy (non-hydrogen) atoms. The van der Waals surface area contributed by atoms with Gasteiger partial charge in [0.05, 0.1) is 24.1 Å². The normalized spacial score (nSPS) is 17.2. The van der Waals surface area contributed by atoms with Crippen LogP contribution < -0.4 is 15.0 Å². The van der Waals surface area contributed by atoms with Gasteiger partial charge in [0.15, 0.2) is 5.13 Å². The standard InChI is InChI=1S/C22H25N5O2S/c1-4-7-26-13-15(12-23-26)14-5-6-18-17(10-14)27(8-9-29-18)21-24-16-11-22(2,3)25-20(28)19(16)30-21/h5-6,10,12-13H,4,7-9,11H2,1-3H3,(H,25,28). The predicted octanol–water partition coefficient (Wildman–Crippen LogP) is 4.01. The van der Waals surface area contributed by atoms with Crippen LogP contribution >= 0.6 is 11.3 Å². The zero-order valence-electron chi connectivity index (χ0n) is 17.4. The molecule has 0 radical (unpaired) electrons. The number of nitrogens with one attached hydrogen (secondary N) is 1. The molecule has 7 nitrogen and oxygen atoms in total. The number of fused-ring (bicyclic) bond motifs is 2. The van der Waals surface area contributed by atoms with Crippen molar-refractivity contribution >= 4 is 28.1 Å². The molecule has 5 rings (SSSR count). The van der Waals surface area contributed by atoms with Crippen molar-refractivity contribution in [1.29, 1.82) is 0 Å². The second-order valence-corrected chi connectivity index (χ2v) is 9.44. The highest BCUT2D eigenvalue weighted by atomic mass is 32.1. The van der Waals surface area contributed by atoms with Crippen molar-refractivity contribution in [2.75, 3.05) is 18.1 Å². The molecule has 2 aliphatic rings. The fourth-order valence-electron chi connectivity index (χ4n) is 4.04. The first-order valence-electron chi connectivity index (χ1n) is 10.3. The van der Waals surface area contributed by atoms with E-state index in [4.69, 9.17) is 9.72 Å². The Kier molecular flexibility index (Phi) is 4.54. The lowest BCUT2D eigenvalue weighted by atomic mass is 9.94. The van der Waals surface area contributed by atoms with Gasteiger partial charge in [-0.05, 0) is 38.0 Å². The monoisotopic (exact) mass is 423 g/mol. The molecular weight excluding hydrogens is 398 g/mol. The van der Waals surface area contributed by atoms with Gasteiger partial charge in [-0.1, -0.05) is 24.3 Å². The second kappa shape index (κ2) is 7.12. The van der Waals surface area contributed by atoms with Gasteiger partial charge in [-0.25, -0.2) is 4.98 Å². The van der Waals surface area contributed by atoms with Crippen molar-refractivity contribution in [2.24, 2.45) is 0 Å².